The number of oxime groups is 1. The van der Waals surface area contributed by atoms with E-state index in [1.807, 2.05) is 0 Å². The molecule has 128 valence electrons. The molecule has 4 aliphatic rings. The summed E-state index contributed by atoms with van der Waals surface area (Å²) >= 11 is 0. The Bertz CT molecular complexity index is 558. The molecular formula is C16H26N3O4+. The zero-order valence-electron chi connectivity index (χ0n) is 13.5. The van der Waals surface area contributed by atoms with E-state index in [0.717, 1.165) is 49.9 Å². The molecule has 2 saturated carbocycles. The first-order chi connectivity index (χ1) is 11.2. The number of ether oxygens (including phenoxy) is 1. The number of rotatable bonds is 1. The maximum atomic E-state index is 13.4. The van der Waals surface area contributed by atoms with E-state index in [0.29, 0.717) is 37.5 Å². The molecule has 0 amide bonds. The second kappa shape index (κ2) is 5.43. The van der Waals surface area contributed by atoms with Crippen LogP contribution in [0, 0.1) is 11.1 Å². The topological polar surface area (TPSA) is 92.6 Å². The van der Waals surface area contributed by atoms with E-state index in [-0.39, 0.29) is 5.92 Å². The van der Waals surface area contributed by atoms with Crippen molar-refractivity contribution in [2.45, 2.75) is 56.2 Å². The molecule has 3 N–H and O–H groups in total. The summed E-state index contributed by atoms with van der Waals surface area (Å²) in [6.07, 6.45) is 5.55. The van der Waals surface area contributed by atoms with Crippen molar-refractivity contribution >= 4 is 11.4 Å². The summed E-state index contributed by atoms with van der Waals surface area (Å²) in [4.78, 5) is 1.23. The van der Waals surface area contributed by atoms with Gasteiger partial charge in [-0.25, -0.2) is 0 Å². The Morgan fingerprint density at radius 1 is 1.22 bits per heavy atom. The summed E-state index contributed by atoms with van der Waals surface area (Å²) < 4.78 is 6.62. The molecular weight excluding hydrogens is 298 g/mol. The second-order valence-corrected chi connectivity index (χ2v) is 7.35. The number of nitrogens with zero attached hydrogens (tertiary/aromatic N) is 2. The van der Waals surface area contributed by atoms with Crippen LogP contribution in [-0.4, -0.2) is 64.0 Å². The van der Waals surface area contributed by atoms with Gasteiger partial charge in [0.25, 0.3) is 0 Å². The number of fused-ring (bicyclic) bond motifs is 3. The van der Waals surface area contributed by atoms with Gasteiger partial charge in [0.2, 0.25) is 11.3 Å². The van der Waals surface area contributed by atoms with Crippen LogP contribution in [-0.2, 0) is 4.74 Å². The quantitative estimate of drug-likeness (QED) is 0.262. The third kappa shape index (κ3) is 1.87. The van der Waals surface area contributed by atoms with Crippen LogP contribution >= 0.6 is 0 Å². The standard InChI is InChI=1S/C16H25N3O4/c20-16-12-4-1-2-7-15(12,18-8-10-23-11-9-18)19(22)14(16)6-3-5-13(16)17-21/h12,20-21H,1-11H2/p+1/t12-,15+,16-/m0/s1. The van der Waals surface area contributed by atoms with Gasteiger partial charge in [-0.1, -0.05) is 11.6 Å². The number of morpholine rings is 1. The highest BCUT2D eigenvalue weighted by atomic mass is 16.5. The van der Waals surface area contributed by atoms with Crippen molar-refractivity contribution in [1.82, 2.24) is 0 Å². The van der Waals surface area contributed by atoms with Gasteiger partial charge < -0.3 is 20.3 Å². The predicted octanol–water partition coefficient (Wildman–Crippen LogP) is -0.502. The fourth-order valence-corrected chi connectivity index (χ4v) is 5.57. The Balaban J connectivity index is 1.85. The molecule has 0 aromatic rings. The lowest BCUT2D eigenvalue weighted by atomic mass is 9.65. The molecule has 0 aromatic carbocycles. The molecule has 0 unspecified atom stereocenters. The SMILES string of the molecule is [O-][N+]1=C2CCCC(=NO)[C@@]2(O)[C@H]2CCCC[C@]21[NH+]1CCOCC1. The number of aliphatic hydroxyl groups is 1. The van der Waals surface area contributed by atoms with Crippen LogP contribution in [0.5, 0.6) is 0 Å². The van der Waals surface area contributed by atoms with Crippen molar-refractivity contribution in [2.24, 2.45) is 11.1 Å². The Labute approximate surface area is 135 Å². The minimum absolute atomic E-state index is 0.185. The van der Waals surface area contributed by atoms with Gasteiger partial charge in [-0.05, 0) is 25.7 Å². The van der Waals surface area contributed by atoms with Gasteiger partial charge >= 0.3 is 5.66 Å². The third-order valence-corrected chi connectivity index (χ3v) is 6.53. The number of quaternary nitrogens is 1. The van der Waals surface area contributed by atoms with Gasteiger partial charge in [0.15, 0.2) is 0 Å². The molecule has 23 heavy (non-hydrogen) atoms. The molecule has 4 rings (SSSR count). The average molecular weight is 324 g/mol. The number of nitrogens with one attached hydrogen (secondary N) is 1. The van der Waals surface area contributed by atoms with E-state index in [1.165, 1.54) is 4.90 Å². The molecule has 1 saturated heterocycles. The molecule has 2 heterocycles. The summed E-state index contributed by atoms with van der Waals surface area (Å²) in [6, 6.07) is 0. The van der Waals surface area contributed by atoms with E-state index in [9.17, 15) is 15.5 Å². The smallest absolute Gasteiger partial charge is 0.303 e. The summed E-state index contributed by atoms with van der Waals surface area (Å²) in [7, 11) is 0. The molecule has 0 spiro atoms. The van der Waals surface area contributed by atoms with Gasteiger partial charge in [-0.3, -0.25) is 4.90 Å². The molecule has 2 aliphatic heterocycles. The van der Waals surface area contributed by atoms with E-state index >= 15 is 0 Å². The first-order valence-corrected chi connectivity index (χ1v) is 8.86. The van der Waals surface area contributed by atoms with Crippen LogP contribution in [0.25, 0.3) is 0 Å². The van der Waals surface area contributed by atoms with Crippen LogP contribution in [0.1, 0.15) is 44.9 Å². The molecule has 7 heteroatoms. The van der Waals surface area contributed by atoms with Gasteiger partial charge in [-0.2, -0.15) is 4.74 Å². The van der Waals surface area contributed by atoms with E-state index in [4.69, 9.17) is 4.74 Å². The van der Waals surface area contributed by atoms with Crippen molar-refractivity contribution in [3.8, 4) is 0 Å². The van der Waals surface area contributed by atoms with Crippen molar-refractivity contribution in [3.05, 3.63) is 5.21 Å². The van der Waals surface area contributed by atoms with Crippen LogP contribution < -0.4 is 4.90 Å². The average Bonchev–Trinajstić information content (AvgIpc) is 2.82. The minimum Gasteiger partial charge on any atom is -0.619 e. The van der Waals surface area contributed by atoms with E-state index in [1.54, 1.807) is 0 Å². The fraction of sp³-hybridized carbons (Fsp3) is 0.875. The highest BCUT2D eigenvalue weighted by Gasteiger charge is 2.74. The van der Waals surface area contributed by atoms with Crippen molar-refractivity contribution < 1.29 is 24.7 Å². The Morgan fingerprint density at radius 3 is 2.74 bits per heavy atom. The summed E-state index contributed by atoms with van der Waals surface area (Å²) in [6.45, 7) is 2.91. The van der Waals surface area contributed by atoms with Crippen molar-refractivity contribution in [1.29, 1.82) is 0 Å². The van der Waals surface area contributed by atoms with Gasteiger partial charge in [0.1, 0.15) is 19.0 Å². The Kier molecular flexibility index (Phi) is 3.62. The van der Waals surface area contributed by atoms with E-state index in [2.05, 4.69) is 5.16 Å². The predicted molar refractivity (Wildman–Crippen MR) is 82.9 cm³/mol. The van der Waals surface area contributed by atoms with Crippen LogP contribution in [0.2, 0.25) is 0 Å². The first kappa shape index (κ1) is 15.4. The molecule has 3 fully saturated rings. The Hall–Kier alpha value is -1.18. The maximum absolute atomic E-state index is 13.4. The molecule has 7 nitrogen and oxygen atoms in total. The molecule has 0 radical (unpaired) electrons. The van der Waals surface area contributed by atoms with Crippen LogP contribution in [0.15, 0.2) is 5.16 Å². The van der Waals surface area contributed by atoms with Gasteiger partial charge in [0.05, 0.1) is 25.3 Å². The summed E-state index contributed by atoms with van der Waals surface area (Å²) in [5.41, 5.74) is -1.05. The summed E-state index contributed by atoms with van der Waals surface area (Å²) in [5, 5.41) is 37.8. The van der Waals surface area contributed by atoms with Crippen molar-refractivity contribution in [2.75, 3.05) is 26.3 Å². The van der Waals surface area contributed by atoms with Gasteiger partial charge in [-0.15, -0.1) is 0 Å². The largest absolute Gasteiger partial charge is 0.619 e. The fourth-order valence-electron chi connectivity index (χ4n) is 5.57. The normalized spacial score (nSPS) is 43.5. The lowest BCUT2D eigenvalue weighted by Gasteiger charge is -2.45. The maximum Gasteiger partial charge on any atom is 0.303 e. The van der Waals surface area contributed by atoms with Crippen LogP contribution in [0.4, 0.5) is 0 Å². The van der Waals surface area contributed by atoms with Gasteiger partial charge in [0, 0.05) is 6.42 Å². The molecule has 3 atom stereocenters. The van der Waals surface area contributed by atoms with Crippen molar-refractivity contribution in [3.63, 3.8) is 0 Å². The monoisotopic (exact) mass is 324 g/mol. The second-order valence-electron chi connectivity index (χ2n) is 7.35. The lowest BCUT2D eigenvalue weighted by Crippen LogP contribution is -3.24. The summed E-state index contributed by atoms with van der Waals surface area (Å²) in [5.74, 6) is -0.185. The lowest BCUT2D eigenvalue weighted by molar-refractivity contribution is -1.05. The zero-order chi connectivity index (χ0) is 16.1. The van der Waals surface area contributed by atoms with E-state index < -0.39 is 11.3 Å². The Morgan fingerprint density at radius 2 is 2.00 bits per heavy atom. The molecule has 2 aliphatic carbocycles. The molecule has 0 bridgehead atoms. The number of hydrogen-bond acceptors (Lipinski definition) is 5. The molecule has 0 aromatic heterocycles. The highest BCUT2D eigenvalue weighted by molar-refractivity contribution is 6.15. The third-order valence-electron chi connectivity index (χ3n) is 6.53. The van der Waals surface area contributed by atoms with Crippen LogP contribution in [0.3, 0.4) is 0 Å². The highest BCUT2D eigenvalue weighted by Crippen LogP contribution is 2.48. The first-order valence-electron chi connectivity index (χ1n) is 8.86. The number of hydroxylamine groups is 1. The zero-order valence-corrected chi connectivity index (χ0v) is 13.5. The number of hydrogen-bond donors (Lipinski definition) is 3. The minimum atomic E-state index is -1.35.